The highest BCUT2D eigenvalue weighted by atomic mass is 14.7. The van der Waals surface area contributed by atoms with Gasteiger partial charge in [0, 0.05) is 38.4 Å². The zero-order chi connectivity index (χ0) is 29.1. The molecule has 0 saturated heterocycles. The molecular weight excluding hydrogens is 484 g/mol. The summed E-state index contributed by atoms with van der Waals surface area (Å²) in [6.45, 7) is 17.1. The highest BCUT2D eigenvalue weighted by Gasteiger charge is 2.04. The van der Waals surface area contributed by atoms with Crippen molar-refractivity contribution < 1.29 is 0 Å². The Kier molecular flexibility index (Phi) is 11.4. The number of nitrogens with one attached hydrogen (secondary N) is 2. The van der Waals surface area contributed by atoms with Crippen LogP contribution >= 0.6 is 0 Å². The highest BCUT2D eigenvalue weighted by molar-refractivity contribution is 6.06. The lowest BCUT2D eigenvalue weighted by Crippen LogP contribution is -1.91. The number of rotatable bonds is 3. The SMILES string of the molecule is C/C=C\c1[nH]c2ccccc2c1C.CC.CC(C)c1cccc(C(C)C)c1.c1ccc2c(c1)[nH]c1ccccc12. The van der Waals surface area contributed by atoms with E-state index in [1.807, 2.05) is 20.8 Å². The summed E-state index contributed by atoms with van der Waals surface area (Å²) in [6, 6.07) is 34.0. The Morgan fingerprint density at radius 1 is 0.550 bits per heavy atom. The van der Waals surface area contributed by atoms with E-state index in [2.05, 4.69) is 154 Å². The zero-order valence-electron chi connectivity index (χ0n) is 25.5. The van der Waals surface area contributed by atoms with E-state index in [4.69, 9.17) is 0 Å². The van der Waals surface area contributed by atoms with Gasteiger partial charge in [0.2, 0.25) is 0 Å². The van der Waals surface area contributed by atoms with E-state index in [9.17, 15) is 0 Å². The third kappa shape index (κ3) is 7.54. The molecule has 4 aromatic carbocycles. The Bertz CT molecular complexity index is 1570. The summed E-state index contributed by atoms with van der Waals surface area (Å²) in [4.78, 5) is 6.76. The molecule has 2 nitrogen and oxygen atoms in total. The summed E-state index contributed by atoms with van der Waals surface area (Å²) in [5, 5.41) is 3.92. The fraction of sp³-hybridized carbons (Fsp3) is 0.263. The molecule has 0 amide bonds. The lowest BCUT2D eigenvalue weighted by atomic mass is 9.96. The van der Waals surface area contributed by atoms with Crippen LogP contribution < -0.4 is 0 Å². The van der Waals surface area contributed by atoms with Gasteiger partial charge < -0.3 is 9.97 Å². The lowest BCUT2D eigenvalue weighted by molar-refractivity contribution is 0.834. The molecule has 2 N–H and O–H groups in total. The fourth-order valence-corrected chi connectivity index (χ4v) is 4.71. The van der Waals surface area contributed by atoms with Crippen LogP contribution in [-0.2, 0) is 0 Å². The number of aryl methyl sites for hydroxylation is 1. The maximum Gasteiger partial charge on any atom is 0.0464 e. The van der Waals surface area contributed by atoms with E-state index in [1.165, 1.54) is 55.1 Å². The van der Waals surface area contributed by atoms with Crippen LogP contribution in [-0.4, -0.2) is 9.97 Å². The molecule has 0 radical (unpaired) electrons. The average molecular weight is 531 g/mol. The van der Waals surface area contributed by atoms with Crippen molar-refractivity contribution in [2.24, 2.45) is 0 Å². The first-order valence-electron chi connectivity index (χ1n) is 14.6. The standard InChI is InChI=1S/C12H9N.C12H13N.C12H18.C2H6/c1-3-7-11-9(5-1)10-6-2-4-8-12(10)13-11;1-3-6-11-9(2)10-7-4-5-8-12(10)13-11;1-9(2)11-6-5-7-12(8-11)10(3)4;1-2/h1-8,13H;3-8,13H,1-2H3;5-10H,1-4H3;1-2H3/b;6-3-;;. The van der Waals surface area contributed by atoms with Gasteiger partial charge in [-0.05, 0) is 66.6 Å². The second-order valence-corrected chi connectivity index (χ2v) is 10.4. The van der Waals surface area contributed by atoms with Gasteiger partial charge in [0.05, 0.1) is 0 Å². The van der Waals surface area contributed by atoms with Gasteiger partial charge in [0.25, 0.3) is 0 Å². The first kappa shape index (κ1) is 30.5. The number of allylic oxidation sites excluding steroid dienone is 1. The number of aromatic nitrogens is 2. The molecule has 0 fully saturated rings. The molecule has 6 aromatic rings. The zero-order valence-corrected chi connectivity index (χ0v) is 25.5. The molecule has 40 heavy (non-hydrogen) atoms. The van der Waals surface area contributed by atoms with Crippen molar-refractivity contribution in [2.45, 2.75) is 67.2 Å². The molecule has 0 unspecified atom stereocenters. The van der Waals surface area contributed by atoms with Crippen molar-refractivity contribution in [1.82, 2.24) is 9.97 Å². The maximum atomic E-state index is 3.38. The van der Waals surface area contributed by atoms with Gasteiger partial charge in [-0.3, -0.25) is 0 Å². The van der Waals surface area contributed by atoms with E-state index in [1.54, 1.807) is 0 Å². The minimum absolute atomic E-state index is 0.642. The molecule has 0 aliphatic heterocycles. The Hall–Kier alpha value is -4.04. The highest BCUT2D eigenvalue weighted by Crippen LogP contribution is 2.24. The Labute approximate surface area is 241 Å². The third-order valence-electron chi connectivity index (χ3n) is 7.00. The molecule has 2 heterocycles. The molecule has 0 bridgehead atoms. The monoisotopic (exact) mass is 530 g/mol. The second-order valence-electron chi connectivity index (χ2n) is 10.4. The molecule has 0 aliphatic rings. The number of para-hydroxylation sites is 3. The summed E-state index contributed by atoms with van der Waals surface area (Å²) in [5.74, 6) is 1.28. The van der Waals surface area contributed by atoms with Crippen molar-refractivity contribution >= 4 is 38.8 Å². The third-order valence-corrected chi connectivity index (χ3v) is 7.00. The number of hydrogen-bond acceptors (Lipinski definition) is 0. The first-order chi connectivity index (χ1) is 19.4. The molecule has 6 rings (SSSR count). The molecule has 0 aliphatic carbocycles. The van der Waals surface area contributed by atoms with Crippen LogP contribution in [0.15, 0.2) is 103 Å². The quantitative estimate of drug-likeness (QED) is 0.228. The largest absolute Gasteiger partial charge is 0.355 e. The van der Waals surface area contributed by atoms with Crippen molar-refractivity contribution in [3.63, 3.8) is 0 Å². The van der Waals surface area contributed by atoms with Gasteiger partial charge >= 0.3 is 0 Å². The van der Waals surface area contributed by atoms with E-state index in [-0.39, 0.29) is 0 Å². The first-order valence-corrected chi connectivity index (χ1v) is 14.6. The van der Waals surface area contributed by atoms with Crippen LogP contribution in [0.25, 0.3) is 38.8 Å². The molecular formula is C38H46N2. The molecule has 0 spiro atoms. The smallest absolute Gasteiger partial charge is 0.0464 e. The van der Waals surface area contributed by atoms with Gasteiger partial charge in [-0.1, -0.05) is 126 Å². The summed E-state index contributed by atoms with van der Waals surface area (Å²) in [6.07, 6.45) is 4.16. The number of benzene rings is 4. The maximum absolute atomic E-state index is 3.38. The second kappa shape index (κ2) is 14.9. The molecule has 2 aromatic heterocycles. The van der Waals surface area contributed by atoms with Gasteiger partial charge in [-0.15, -0.1) is 0 Å². The lowest BCUT2D eigenvalue weighted by Gasteiger charge is -2.09. The Morgan fingerprint density at radius 3 is 1.40 bits per heavy atom. The fourth-order valence-electron chi connectivity index (χ4n) is 4.71. The number of H-pyrrole nitrogens is 2. The number of hydrogen-bond donors (Lipinski definition) is 2. The summed E-state index contributed by atoms with van der Waals surface area (Å²) >= 11 is 0. The minimum Gasteiger partial charge on any atom is -0.355 e. The van der Waals surface area contributed by atoms with Crippen LogP contribution in [0.2, 0.25) is 0 Å². The van der Waals surface area contributed by atoms with Crippen molar-refractivity contribution in [1.29, 1.82) is 0 Å². The van der Waals surface area contributed by atoms with Gasteiger partial charge in [0.15, 0.2) is 0 Å². The topological polar surface area (TPSA) is 31.6 Å². The van der Waals surface area contributed by atoms with E-state index in [0.717, 1.165) is 0 Å². The summed E-state index contributed by atoms with van der Waals surface area (Å²) in [5.41, 5.74) is 9.07. The van der Waals surface area contributed by atoms with Crippen LogP contribution in [0.4, 0.5) is 0 Å². The van der Waals surface area contributed by atoms with Crippen LogP contribution in [0.1, 0.15) is 82.7 Å². The summed E-state index contributed by atoms with van der Waals surface area (Å²) in [7, 11) is 0. The normalized spacial score (nSPS) is 10.8. The average Bonchev–Trinajstić information content (AvgIpc) is 3.52. The van der Waals surface area contributed by atoms with Crippen LogP contribution in [0.3, 0.4) is 0 Å². The Morgan fingerprint density at radius 2 is 0.975 bits per heavy atom. The van der Waals surface area contributed by atoms with Gasteiger partial charge in [-0.25, -0.2) is 0 Å². The molecule has 208 valence electrons. The van der Waals surface area contributed by atoms with Crippen molar-refractivity contribution in [3.05, 3.63) is 126 Å². The molecule has 0 saturated carbocycles. The predicted molar refractivity (Wildman–Crippen MR) is 180 cm³/mol. The predicted octanol–water partition coefficient (Wildman–Crippen LogP) is 11.8. The Balaban J connectivity index is 0.000000161. The van der Waals surface area contributed by atoms with Crippen LogP contribution in [0.5, 0.6) is 0 Å². The number of aromatic amines is 2. The van der Waals surface area contributed by atoms with Crippen LogP contribution in [0, 0.1) is 6.92 Å². The van der Waals surface area contributed by atoms with Gasteiger partial charge in [0.1, 0.15) is 0 Å². The molecule has 2 heteroatoms. The van der Waals surface area contributed by atoms with Crippen molar-refractivity contribution in [2.75, 3.05) is 0 Å². The summed E-state index contributed by atoms with van der Waals surface area (Å²) < 4.78 is 0. The molecule has 0 atom stereocenters. The van der Waals surface area contributed by atoms with E-state index < -0.39 is 0 Å². The van der Waals surface area contributed by atoms with Gasteiger partial charge in [-0.2, -0.15) is 0 Å². The van der Waals surface area contributed by atoms with Crippen molar-refractivity contribution in [3.8, 4) is 0 Å². The van der Waals surface area contributed by atoms with E-state index in [0.29, 0.717) is 11.8 Å². The van der Waals surface area contributed by atoms with E-state index >= 15 is 0 Å². The minimum atomic E-state index is 0.642. The number of fused-ring (bicyclic) bond motifs is 4.